The van der Waals surface area contributed by atoms with E-state index in [4.69, 9.17) is 14.5 Å². The Labute approximate surface area is 204 Å². The highest BCUT2D eigenvalue weighted by Gasteiger charge is 2.19. The molecule has 0 radical (unpaired) electrons. The van der Waals surface area contributed by atoms with Crippen LogP contribution in [-0.4, -0.2) is 18.1 Å². The molecule has 0 fully saturated rings. The fourth-order valence-corrected chi connectivity index (χ4v) is 4.33. The third-order valence-corrected chi connectivity index (χ3v) is 6.03. The number of rotatable bonds is 5. The van der Waals surface area contributed by atoms with E-state index in [2.05, 4.69) is 6.07 Å². The van der Waals surface area contributed by atoms with Crippen molar-refractivity contribution in [3.63, 3.8) is 0 Å². The lowest BCUT2D eigenvalue weighted by molar-refractivity contribution is 0.0737. The van der Waals surface area contributed by atoms with E-state index in [0.29, 0.717) is 17.0 Å². The molecule has 35 heavy (non-hydrogen) atoms. The van der Waals surface area contributed by atoms with E-state index in [9.17, 15) is 4.79 Å². The number of carbonyl (C=O) groups is 1. The molecule has 0 atom stereocenters. The molecule has 1 aromatic heterocycles. The second kappa shape index (κ2) is 9.43. The topological polar surface area (TPSA) is 48.4 Å². The van der Waals surface area contributed by atoms with Crippen LogP contribution in [-0.2, 0) is 0 Å². The predicted octanol–water partition coefficient (Wildman–Crippen LogP) is 7.41. The summed E-state index contributed by atoms with van der Waals surface area (Å²) in [5.74, 6) is 0.864. The minimum absolute atomic E-state index is 0.416. The molecule has 0 aliphatic heterocycles. The zero-order valence-electron chi connectivity index (χ0n) is 19.9. The summed E-state index contributed by atoms with van der Waals surface area (Å²) in [4.78, 5) is 18.6. The van der Waals surface area contributed by atoms with Gasteiger partial charge in [-0.3, -0.25) is 0 Å². The van der Waals surface area contributed by atoms with Crippen LogP contribution < -0.4 is 9.47 Å². The number of fused-ring (bicyclic) bond motifs is 1. The quantitative estimate of drug-likeness (QED) is 0.203. The second-order valence-corrected chi connectivity index (χ2v) is 8.51. The number of nitrogens with zero attached hydrogens (tertiary/aromatic N) is 1. The summed E-state index contributed by atoms with van der Waals surface area (Å²) in [5, 5.41) is 0.780. The number of methoxy groups -OCH3 is 1. The molecule has 172 valence electrons. The lowest BCUT2D eigenvalue weighted by Gasteiger charge is -2.14. The van der Waals surface area contributed by atoms with Crippen molar-refractivity contribution in [2.45, 2.75) is 13.8 Å². The zero-order chi connectivity index (χ0) is 24.4. The van der Waals surface area contributed by atoms with Crippen LogP contribution in [0.2, 0.25) is 0 Å². The van der Waals surface area contributed by atoms with Crippen LogP contribution in [0.1, 0.15) is 21.5 Å². The van der Waals surface area contributed by atoms with Crippen molar-refractivity contribution < 1.29 is 14.3 Å². The van der Waals surface area contributed by atoms with Gasteiger partial charge < -0.3 is 9.47 Å². The first-order valence-corrected chi connectivity index (χ1v) is 11.5. The molecule has 0 unspecified atom stereocenters. The molecule has 4 heteroatoms. The Morgan fingerprint density at radius 3 is 2.23 bits per heavy atom. The number of aromatic nitrogens is 1. The van der Waals surface area contributed by atoms with Crippen LogP contribution in [0.15, 0.2) is 97.1 Å². The maximum Gasteiger partial charge on any atom is 0.344 e. The Morgan fingerprint density at radius 2 is 1.49 bits per heavy atom. The summed E-state index contributed by atoms with van der Waals surface area (Å²) in [6.07, 6.45) is 0. The fraction of sp³-hybridized carbons (Fsp3) is 0.0968. The number of benzene rings is 4. The van der Waals surface area contributed by atoms with Gasteiger partial charge in [-0.25, -0.2) is 9.78 Å². The Bertz CT molecular complexity index is 1520. The van der Waals surface area contributed by atoms with E-state index < -0.39 is 5.97 Å². The zero-order valence-corrected chi connectivity index (χ0v) is 19.9. The van der Waals surface area contributed by atoms with Crippen molar-refractivity contribution in [1.82, 2.24) is 4.98 Å². The molecule has 5 aromatic rings. The van der Waals surface area contributed by atoms with Crippen LogP contribution in [0.25, 0.3) is 33.3 Å². The minimum Gasteiger partial charge on any atom is -0.497 e. The smallest absolute Gasteiger partial charge is 0.344 e. The van der Waals surface area contributed by atoms with E-state index in [0.717, 1.165) is 44.5 Å². The normalized spacial score (nSPS) is 10.8. The van der Waals surface area contributed by atoms with E-state index >= 15 is 0 Å². The van der Waals surface area contributed by atoms with Crippen molar-refractivity contribution in [2.75, 3.05) is 7.11 Å². The lowest BCUT2D eigenvalue weighted by atomic mass is 9.99. The molecule has 0 spiro atoms. The van der Waals surface area contributed by atoms with E-state index in [1.54, 1.807) is 7.11 Å². The Balaban J connectivity index is 1.62. The Hall–Kier alpha value is -4.44. The highest BCUT2D eigenvalue weighted by molar-refractivity contribution is 6.06. The van der Waals surface area contributed by atoms with Gasteiger partial charge in [-0.05, 0) is 67.4 Å². The number of hydrogen-bond donors (Lipinski definition) is 0. The van der Waals surface area contributed by atoms with Crippen LogP contribution in [0.4, 0.5) is 0 Å². The monoisotopic (exact) mass is 459 g/mol. The molecule has 0 amide bonds. The first-order chi connectivity index (χ1) is 17.0. The Morgan fingerprint density at radius 1 is 0.771 bits per heavy atom. The van der Waals surface area contributed by atoms with Crippen molar-refractivity contribution in [2.24, 2.45) is 0 Å². The molecule has 0 N–H and O–H groups in total. The average molecular weight is 460 g/mol. The number of para-hydroxylation sites is 1. The van der Waals surface area contributed by atoms with Crippen molar-refractivity contribution in [3.8, 4) is 33.9 Å². The first kappa shape index (κ1) is 22.4. The number of pyridine rings is 1. The molecular formula is C31H25NO3. The average Bonchev–Trinajstić information content (AvgIpc) is 2.89. The van der Waals surface area contributed by atoms with Crippen molar-refractivity contribution in [3.05, 3.63) is 114 Å². The summed E-state index contributed by atoms with van der Waals surface area (Å²) in [6.45, 7) is 4.03. The summed E-state index contributed by atoms with van der Waals surface area (Å²) in [5.41, 5.74) is 6.79. The van der Waals surface area contributed by atoms with Gasteiger partial charge in [-0.15, -0.1) is 0 Å². The van der Waals surface area contributed by atoms with Gasteiger partial charge in [0, 0.05) is 16.5 Å². The first-order valence-electron chi connectivity index (χ1n) is 11.5. The molecule has 4 aromatic carbocycles. The van der Waals surface area contributed by atoms with Crippen LogP contribution in [0, 0.1) is 13.8 Å². The standard InChI is InChI=1S/C31H25NO3/c1-20-17-21(2)30-26(18-20)27(19-28(32-30)23-13-15-24(34-3)16-14-23)31(33)35-29-12-8-7-11-25(29)22-9-5-4-6-10-22/h4-19H,1-3H3. The summed E-state index contributed by atoms with van der Waals surface area (Å²) in [7, 11) is 1.64. The SMILES string of the molecule is COc1ccc(-c2cc(C(=O)Oc3ccccc3-c3ccccc3)c3cc(C)cc(C)c3n2)cc1. The van der Waals surface area contributed by atoms with Gasteiger partial charge in [0.15, 0.2) is 0 Å². The molecule has 4 nitrogen and oxygen atoms in total. The number of carbonyl (C=O) groups excluding carboxylic acids is 1. The third kappa shape index (κ3) is 4.51. The summed E-state index contributed by atoms with van der Waals surface area (Å²) < 4.78 is 11.3. The molecule has 0 saturated heterocycles. The van der Waals surface area contributed by atoms with Crippen molar-refractivity contribution in [1.29, 1.82) is 0 Å². The van der Waals surface area contributed by atoms with Gasteiger partial charge in [-0.1, -0.05) is 60.2 Å². The fourth-order valence-electron chi connectivity index (χ4n) is 4.33. The van der Waals surface area contributed by atoms with Gasteiger partial charge in [0.25, 0.3) is 0 Å². The maximum absolute atomic E-state index is 13.6. The van der Waals surface area contributed by atoms with Gasteiger partial charge in [0.1, 0.15) is 11.5 Å². The number of hydrogen-bond acceptors (Lipinski definition) is 4. The lowest BCUT2D eigenvalue weighted by Crippen LogP contribution is -2.11. The predicted molar refractivity (Wildman–Crippen MR) is 140 cm³/mol. The van der Waals surface area contributed by atoms with Crippen LogP contribution >= 0.6 is 0 Å². The van der Waals surface area contributed by atoms with E-state index in [-0.39, 0.29) is 0 Å². The second-order valence-electron chi connectivity index (χ2n) is 8.51. The molecule has 1 heterocycles. The summed E-state index contributed by atoms with van der Waals surface area (Å²) >= 11 is 0. The highest BCUT2D eigenvalue weighted by Crippen LogP contribution is 2.33. The minimum atomic E-state index is -0.416. The number of ether oxygens (including phenoxy) is 2. The number of esters is 1. The van der Waals surface area contributed by atoms with Gasteiger partial charge in [0.05, 0.1) is 23.9 Å². The molecule has 0 saturated carbocycles. The van der Waals surface area contributed by atoms with E-state index in [1.807, 2.05) is 105 Å². The van der Waals surface area contributed by atoms with Crippen LogP contribution in [0.3, 0.4) is 0 Å². The van der Waals surface area contributed by atoms with Gasteiger partial charge >= 0.3 is 5.97 Å². The molecule has 0 aliphatic carbocycles. The van der Waals surface area contributed by atoms with Gasteiger partial charge in [0.2, 0.25) is 0 Å². The third-order valence-electron chi connectivity index (χ3n) is 6.03. The molecular weight excluding hydrogens is 434 g/mol. The summed E-state index contributed by atoms with van der Waals surface area (Å²) in [6, 6.07) is 31.0. The molecule has 0 aliphatic rings. The van der Waals surface area contributed by atoms with Crippen LogP contribution in [0.5, 0.6) is 11.5 Å². The highest BCUT2D eigenvalue weighted by atomic mass is 16.5. The molecule has 0 bridgehead atoms. The maximum atomic E-state index is 13.6. The van der Waals surface area contributed by atoms with Crippen molar-refractivity contribution >= 4 is 16.9 Å². The molecule has 5 rings (SSSR count). The largest absolute Gasteiger partial charge is 0.497 e. The van der Waals surface area contributed by atoms with E-state index in [1.165, 1.54) is 0 Å². The number of aryl methyl sites for hydroxylation is 2. The Kier molecular flexibility index (Phi) is 6.02. The van der Waals surface area contributed by atoms with Gasteiger partial charge in [-0.2, -0.15) is 0 Å².